The van der Waals surface area contributed by atoms with E-state index in [1.54, 1.807) is 0 Å². The van der Waals surface area contributed by atoms with E-state index in [1.807, 2.05) is 0 Å². The normalized spacial score (nSPS) is 28.9. The van der Waals surface area contributed by atoms with Crippen molar-refractivity contribution in [3.63, 3.8) is 0 Å². The first kappa shape index (κ1) is 22.5. The van der Waals surface area contributed by atoms with Gasteiger partial charge in [-0.3, -0.25) is 0 Å². The van der Waals surface area contributed by atoms with Gasteiger partial charge in [-0.05, 0) is 83.1 Å². The summed E-state index contributed by atoms with van der Waals surface area (Å²) in [7, 11) is 0. The van der Waals surface area contributed by atoms with Crippen molar-refractivity contribution < 1.29 is 4.74 Å². The molecule has 0 radical (unpaired) electrons. The van der Waals surface area contributed by atoms with Gasteiger partial charge in [0.1, 0.15) is 5.60 Å². The van der Waals surface area contributed by atoms with E-state index in [0.29, 0.717) is 0 Å². The highest BCUT2D eigenvalue weighted by Crippen LogP contribution is 2.63. The lowest BCUT2D eigenvalue weighted by Gasteiger charge is -2.59. The van der Waals surface area contributed by atoms with Crippen LogP contribution in [-0.4, -0.2) is 6.10 Å². The Morgan fingerprint density at radius 1 is 0.676 bits per heavy atom. The molecular formula is C32H33IO. The molecule has 0 amide bonds. The molecular weight excluding hydrogens is 527 g/mol. The van der Waals surface area contributed by atoms with Crippen molar-refractivity contribution in [2.24, 2.45) is 23.2 Å². The van der Waals surface area contributed by atoms with Gasteiger partial charge < -0.3 is 4.74 Å². The minimum Gasteiger partial charge on any atom is -0.353 e. The van der Waals surface area contributed by atoms with E-state index in [2.05, 4.69) is 124 Å². The fourth-order valence-corrected chi connectivity index (χ4v) is 8.25. The molecule has 1 atom stereocenters. The summed E-state index contributed by atoms with van der Waals surface area (Å²) >= 11 is 2.40. The fourth-order valence-electron chi connectivity index (χ4n) is 7.87. The molecule has 34 heavy (non-hydrogen) atoms. The Bertz CT molecular complexity index is 989. The first-order chi connectivity index (χ1) is 16.7. The van der Waals surface area contributed by atoms with E-state index in [9.17, 15) is 0 Å². The van der Waals surface area contributed by atoms with Crippen LogP contribution in [0.4, 0.5) is 0 Å². The number of rotatable bonds is 7. The molecule has 0 aliphatic heterocycles. The molecule has 4 bridgehead atoms. The summed E-state index contributed by atoms with van der Waals surface area (Å²) in [6.07, 6.45) is 10.7. The van der Waals surface area contributed by atoms with E-state index < -0.39 is 5.60 Å². The molecule has 4 aliphatic rings. The van der Waals surface area contributed by atoms with Gasteiger partial charge in [-0.2, -0.15) is 0 Å². The monoisotopic (exact) mass is 560 g/mol. The second-order valence-corrected chi connectivity index (χ2v) is 11.6. The Kier molecular flexibility index (Phi) is 6.15. The van der Waals surface area contributed by atoms with Gasteiger partial charge in [0.2, 0.25) is 0 Å². The van der Waals surface area contributed by atoms with Gasteiger partial charge in [-0.15, -0.1) is 0 Å². The molecule has 0 aromatic heterocycles. The first-order valence-electron chi connectivity index (χ1n) is 12.8. The van der Waals surface area contributed by atoms with E-state index in [1.165, 1.54) is 55.2 Å². The van der Waals surface area contributed by atoms with Gasteiger partial charge in [-0.25, -0.2) is 0 Å². The predicted octanol–water partition coefficient (Wildman–Crippen LogP) is 8.53. The zero-order valence-electron chi connectivity index (χ0n) is 19.7. The Balaban J connectivity index is 1.53. The van der Waals surface area contributed by atoms with Crippen molar-refractivity contribution in [2.45, 2.75) is 50.2 Å². The number of halogens is 1. The second kappa shape index (κ2) is 9.28. The van der Waals surface area contributed by atoms with Crippen molar-refractivity contribution in [1.82, 2.24) is 0 Å². The summed E-state index contributed by atoms with van der Waals surface area (Å²) in [5.41, 5.74) is 3.19. The maximum Gasteiger partial charge on any atom is 0.144 e. The molecule has 174 valence electrons. The van der Waals surface area contributed by atoms with Gasteiger partial charge in [0.05, 0.1) is 6.10 Å². The van der Waals surface area contributed by atoms with E-state index in [-0.39, 0.29) is 11.5 Å². The standard InChI is InChI=1S/C32H33IO/c33-17-16-30(31-21-24-18-25(22-31)20-26(19-24)23-31)34-32(27-10-4-1-5-11-27,28-12-6-2-7-13-28)29-14-8-3-9-15-29/h1-17,24-26,30H,18-23H2. The summed E-state index contributed by atoms with van der Waals surface area (Å²) in [6, 6.07) is 32.6. The highest BCUT2D eigenvalue weighted by molar-refractivity contribution is 14.1. The van der Waals surface area contributed by atoms with Gasteiger partial charge >= 0.3 is 0 Å². The third-order valence-electron chi connectivity index (χ3n) is 8.78. The molecule has 4 aliphatic carbocycles. The molecule has 2 heteroatoms. The third-order valence-corrected chi connectivity index (χ3v) is 9.20. The molecule has 7 rings (SSSR count). The van der Waals surface area contributed by atoms with Gasteiger partial charge in [0, 0.05) is 5.41 Å². The van der Waals surface area contributed by atoms with Crippen LogP contribution in [-0.2, 0) is 10.3 Å². The van der Waals surface area contributed by atoms with Crippen molar-refractivity contribution in [3.05, 3.63) is 118 Å². The number of ether oxygens (including phenoxy) is 1. The second-order valence-electron chi connectivity index (χ2n) is 10.9. The van der Waals surface area contributed by atoms with Crippen LogP contribution >= 0.6 is 22.6 Å². The van der Waals surface area contributed by atoms with Crippen molar-refractivity contribution >= 4 is 22.6 Å². The summed E-state index contributed by atoms with van der Waals surface area (Å²) in [4.78, 5) is 0. The topological polar surface area (TPSA) is 9.23 Å². The van der Waals surface area contributed by atoms with Crippen LogP contribution in [0.5, 0.6) is 0 Å². The van der Waals surface area contributed by atoms with Crippen LogP contribution < -0.4 is 0 Å². The zero-order chi connectivity index (χ0) is 23.0. The zero-order valence-corrected chi connectivity index (χ0v) is 21.8. The van der Waals surface area contributed by atoms with E-state index >= 15 is 0 Å². The SMILES string of the molecule is IC=CC(OC(c1ccccc1)(c1ccccc1)c1ccccc1)C12CC3CC(CC(C3)C1)C2. The highest BCUT2D eigenvalue weighted by atomic mass is 127. The highest BCUT2D eigenvalue weighted by Gasteiger charge is 2.56. The lowest BCUT2D eigenvalue weighted by molar-refractivity contribution is -0.156. The molecule has 0 saturated heterocycles. The summed E-state index contributed by atoms with van der Waals surface area (Å²) in [6.45, 7) is 0. The summed E-state index contributed by atoms with van der Waals surface area (Å²) in [5, 5.41) is 0. The largest absolute Gasteiger partial charge is 0.353 e. The molecule has 4 saturated carbocycles. The van der Waals surface area contributed by atoms with Crippen LogP contribution in [0.25, 0.3) is 0 Å². The molecule has 4 fully saturated rings. The number of hydrogen-bond donors (Lipinski definition) is 0. The molecule has 3 aromatic carbocycles. The van der Waals surface area contributed by atoms with Crippen LogP contribution in [0.3, 0.4) is 0 Å². The van der Waals surface area contributed by atoms with Crippen LogP contribution in [0.1, 0.15) is 55.2 Å². The smallest absolute Gasteiger partial charge is 0.144 e. The average molecular weight is 561 g/mol. The van der Waals surface area contributed by atoms with E-state index in [0.717, 1.165) is 17.8 Å². The Morgan fingerprint density at radius 3 is 1.41 bits per heavy atom. The Morgan fingerprint density at radius 2 is 1.06 bits per heavy atom. The van der Waals surface area contributed by atoms with Gasteiger partial charge in [0.25, 0.3) is 0 Å². The minimum absolute atomic E-state index is 0.0819. The van der Waals surface area contributed by atoms with Crippen molar-refractivity contribution in [1.29, 1.82) is 0 Å². The molecule has 0 spiro atoms. The number of benzene rings is 3. The minimum atomic E-state index is -0.659. The maximum atomic E-state index is 7.63. The van der Waals surface area contributed by atoms with Crippen LogP contribution in [0.2, 0.25) is 0 Å². The summed E-state index contributed by atoms with van der Waals surface area (Å²) < 4.78 is 9.83. The fraction of sp³-hybridized carbons (Fsp3) is 0.375. The van der Waals surface area contributed by atoms with Crippen LogP contribution in [0, 0.1) is 23.2 Å². The molecule has 3 aromatic rings. The number of hydrogen-bond acceptors (Lipinski definition) is 1. The molecule has 1 unspecified atom stereocenters. The Hall–Kier alpha value is -1.91. The van der Waals surface area contributed by atoms with E-state index in [4.69, 9.17) is 4.74 Å². The van der Waals surface area contributed by atoms with Crippen LogP contribution in [0.15, 0.2) is 101 Å². The first-order valence-corrected chi connectivity index (χ1v) is 14.1. The lowest BCUT2D eigenvalue weighted by Crippen LogP contribution is -2.53. The van der Waals surface area contributed by atoms with Gasteiger partial charge in [-0.1, -0.05) is 114 Å². The molecule has 1 nitrogen and oxygen atoms in total. The average Bonchev–Trinajstić information content (AvgIpc) is 2.87. The Labute approximate surface area is 217 Å². The maximum absolute atomic E-state index is 7.63. The molecule has 0 N–H and O–H groups in total. The quantitative estimate of drug-likeness (QED) is 0.208. The van der Waals surface area contributed by atoms with Crippen molar-refractivity contribution in [2.75, 3.05) is 0 Å². The van der Waals surface area contributed by atoms with Gasteiger partial charge in [0.15, 0.2) is 0 Å². The van der Waals surface area contributed by atoms with Crippen molar-refractivity contribution in [3.8, 4) is 0 Å². The predicted molar refractivity (Wildman–Crippen MR) is 148 cm³/mol. The third kappa shape index (κ3) is 3.87. The molecule has 0 heterocycles. The lowest BCUT2D eigenvalue weighted by atomic mass is 9.48. The summed E-state index contributed by atoms with van der Waals surface area (Å²) in [5.74, 6) is 2.67.